The molecule has 1 heterocycles. The largest absolute Gasteiger partial charge is 0.416 e. The summed E-state index contributed by atoms with van der Waals surface area (Å²) in [7, 11) is 1.48. The van der Waals surface area contributed by atoms with Gasteiger partial charge in [-0.2, -0.15) is 18.4 Å². The van der Waals surface area contributed by atoms with E-state index in [1.165, 1.54) is 18.1 Å². The number of benzene rings is 1. The number of anilines is 1. The topological polar surface area (TPSA) is 79.3 Å². The third-order valence-corrected chi connectivity index (χ3v) is 3.68. The van der Waals surface area contributed by atoms with Crippen molar-refractivity contribution >= 4 is 11.6 Å². The molecule has 1 saturated heterocycles. The first kappa shape index (κ1) is 16.1. The molecule has 0 saturated carbocycles. The van der Waals surface area contributed by atoms with E-state index in [-0.39, 0.29) is 23.9 Å². The Balaban J connectivity index is 2.43. The number of alkyl halides is 3. The number of nitrogens with zero attached hydrogens (tertiary/aromatic N) is 2. The fourth-order valence-electron chi connectivity index (χ4n) is 2.56. The lowest BCUT2D eigenvalue weighted by atomic mass is 10.1. The van der Waals surface area contributed by atoms with Crippen LogP contribution in [0.4, 0.5) is 18.9 Å². The Morgan fingerprint density at radius 2 is 2.18 bits per heavy atom. The van der Waals surface area contributed by atoms with Crippen molar-refractivity contribution in [2.75, 3.05) is 18.6 Å². The summed E-state index contributed by atoms with van der Waals surface area (Å²) in [4.78, 5) is 13.1. The summed E-state index contributed by atoms with van der Waals surface area (Å²) in [5.41, 5.74) is 4.52. The lowest BCUT2D eigenvalue weighted by molar-refractivity contribution is -0.137. The maximum absolute atomic E-state index is 12.7. The van der Waals surface area contributed by atoms with Gasteiger partial charge in [0.2, 0.25) is 5.91 Å². The number of hydrogen-bond donors (Lipinski definition) is 1. The number of carbonyl (C=O) groups excluding carboxylic acids is 1. The molecule has 1 aromatic carbocycles. The Hall–Kier alpha value is -2.27. The molecule has 8 heteroatoms. The first-order valence-electron chi connectivity index (χ1n) is 6.48. The molecule has 1 fully saturated rings. The second-order valence-electron chi connectivity index (χ2n) is 5.01. The molecule has 0 bridgehead atoms. The van der Waals surface area contributed by atoms with Crippen molar-refractivity contribution in [2.45, 2.75) is 24.7 Å². The van der Waals surface area contributed by atoms with Gasteiger partial charge in [-0.3, -0.25) is 4.79 Å². The second kappa shape index (κ2) is 5.85. The summed E-state index contributed by atoms with van der Waals surface area (Å²) < 4.78 is 43.3. The number of primary amides is 1. The lowest BCUT2D eigenvalue weighted by Gasteiger charge is -2.25. The molecule has 1 aliphatic rings. The Kier molecular flexibility index (Phi) is 4.28. The molecule has 2 N–H and O–H groups in total. The third kappa shape index (κ3) is 2.99. The van der Waals surface area contributed by atoms with Gasteiger partial charge >= 0.3 is 6.18 Å². The zero-order valence-electron chi connectivity index (χ0n) is 11.7. The highest BCUT2D eigenvalue weighted by Crippen LogP contribution is 2.35. The smallest absolute Gasteiger partial charge is 0.380 e. The van der Waals surface area contributed by atoms with Gasteiger partial charge in [0.1, 0.15) is 12.1 Å². The number of amides is 1. The van der Waals surface area contributed by atoms with Crippen molar-refractivity contribution in [3.8, 4) is 6.07 Å². The van der Waals surface area contributed by atoms with E-state index < -0.39 is 23.7 Å². The predicted molar refractivity (Wildman–Crippen MR) is 71.9 cm³/mol. The molecule has 0 spiro atoms. The maximum atomic E-state index is 12.7. The van der Waals surface area contributed by atoms with Gasteiger partial charge in [-0.15, -0.1) is 0 Å². The normalized spacial score (nSPS) is 21.7. The molecule has 0 aromatic heterocycles. The second-order valence-corrected chi connectivity index (χ2v) is 5.01. The van der Waals surface area contributed by atoms with Crippen LogP contribution >= 0.6 is 0 Å². The Morgan fingerprint density at radius 3 is 2.68 bits per heavy atom. The van der Waals surface area contributed by atoms with Crippen molar-refractivity contribution in [3.05, 3.63) is 29.3 Å². The lowest BCUT2D eigenvalue weighted by Crippen LogP contribution is -2.40. The minimum Gasteiger partial charge on any atom is -0.380 e. The number of nitrogens with two attached hydrogens (primary N) is 1. The number of rotatable bonds is 3. The van der Waals surface area contributed by atoms with Crippen molar-refractivity contribution in [2.24, 2.45) is 5.73 Å². The van der Waals surface area contributed by atoms with Crippen LogP contribution in [-0.2, 0) is 15.7 Å². The van der Waals surface area contributed by atoms with E-state index in [9.17, 15) is 18.0 Å². The van der Waals surface area contributed by atoms with Crippen LogP contribution in [-0.4, -0.2) is 31.7 Å². The van der Waals surface area contributed by atoms with Crippen LogP contribution < -0.4 is 10.6 Å². The van der Waals surface area contributed by atoms with Crippen LogP contribution in [0.25, 0.3) is 0 Å². The van der Waals surface area contributed by atoms with Crippen molar-refractivity contribution in [1.29, 1.82) is 5.26 Å². The summed E-state index contributed by atoms with van der Waals surface area (Å²) in [6, 6.07) is 3.87. The van der Waals surface area contributed by atoms with E-state index in [0.717, 1.165) is 12.1 Å². The highest BCUT2D eigenvalue weighted by atomic mass is 19.4. The van der Waals surface area contributed by atoms with Crippen LogP contribution in [0, 0.1) is 11.3 Å². The number of hydrogen-bond acceptors (Lipinski definition) is 4. The number of carbonyl (C=O) groups is 1. The van der Waals surface area contributed by atoms with E-state index >= 15 is 0 Å². The fraction of sp³-hybridized carbons (Fsp3) is 0.429. The minimum atomic E-state index is -4.53. The molecule has 5 nitrogen and oxygen atoms in total. The van der Waals surface area contributed by atoms with E-state index in [0.29, 0.717) is 6.42 Å². The molecule has 22 heavy (non-hydrogen) atoms. The average molecular weight is 313 g/mol. The molecule has 1 amide bonds. The maximum Gasteiger partial charge on any atom is 0.416 e. The first-order chi connectivity index (χ1) is 10.3. The Labute approximate surface area is 125 Å². The number of halogens is 3. The molecule has 2 atom stereocenters. The average Bonchev–Trinajstić information content (AvgIpc) is 2.90. The molecule has 0 unspecified atom stereocenters. The van der Waals surface area contributed by atoms with E-state index in [2.05, 4.69) is 0 Å². The molecular formula is C14H14F3N3O2. The van der Waals surface area contributed by atoms with Gasteiger partial charge in [0.05, 0.1) is 22.9 Å². The third-order valence-electron chi connectivity index (χ3n) is 3.68. The van der Waals surface area contributed by atoms with Gasteiger partial charge in [-0.1, -0.05) is 0 Å². The molecule has 0 radical (unpaired) electrons. The van der Waals surface area contributed by atoms with E-state index in [1.54, 1.807) is 6.07 Å². The van der Waals surface area contributed by atoms with Gasteiger partial charge in [0.25, 0.3) is 0 Å². The van der Waals surface area contributed by atoms with Gasteiger partial charge in [0, 0.05) is 20.1 Å². The zero-order chi connectivity index (χ0) is 16.5. The van der Waals surface area contributed by atoms with Crippen LogP contribution in [0.5, 0.6) is 0 Å². The summed E-state index contributed by atoms with van der Waals surface area (Å²) in [5, 5.41) is 9.13. The Morgan fingerprint density at radius 1 is 1.50 bits per heavy atom. The molecule has 2 rings (SSSR count). The summed E-state index contributed by atoms with van der Waals surface area (Å²) >= 11 is 0. The summed E-state index contributed by atoms with van der Waals surface area (Å²) in [6.07, 6.45) is -4.48. The standard InChI is InChI=1S/C14H14F3N3O2/c1-22-10-5-12(13(19)21)20(7-10)11-3-2-9(14(15,16)17)4-8(11)6-18/h2-4,10,12H,5,7H2,1H3,(H2,19,21)/t10-,12-/m0/s1. The van der Waals surface area contributed by atoms with Gasteiger partial charge < -0.3 is 15.4 Å². The van der Waals surface area contributed by atoms with Crippen LogP contribution in [0.2, 0.25) is 0 Å². The highest BCUT2D eigenvalue weighted by Gasteiger charge is 2.38. The Bertz CT molecular complexity index is 625. The minimum absolute atomic E-state index is 0.155. The van der Waals surface area contributed by atoms with Gasteiger partial charge in [-0.05, 0) is 18.2 Å². The highest BCUT2D eigenvalue weighted by molar-refractivity contribution is 5.85. The van der Waals surface area contributed by atoms with E-state index in [4.69, 9.17) is 15.7 Å². The summed E-state index contributed by atoms with van der Waals surface area (Å²) in [5.74, 6) is -0.608. The molecule has 1 aromatic rings. The zero-order valence-corrected chi connectivity index (χ0v) is 11.7. The van der Waals surface area contributed by atoms with Crippen LogP contribution in [0.15, 0.2) is 18.2 Å². The van der Waals surface area contributed by atoms with E-state index in [1.807, 2.05) is 0 Å². The number of nitriles is 1. The molecule has 1 aliphatic heterocycles. The van der Waals surface area contributed by atoms with Crippen LogP contribution in [0.3, 0.4) is 0 Å². The molecule has 118 valence electrons. The predicted octanol–water partition coefficient (Wildman–Crippen LogP) is 1.66. The SMILES string of the molecule is CO[C@H]1C[C@@H](C(N)=O)N(c2ccc(C(F)(F)F)cc2C#N)C1. The summed E-state index contributed by atoms with van der Waals surface area (Å²) in [6.45, 7) is 0.282. The van der Waals surface area contributed by atoms with Crippen molar-refractivity contribution < 1.29 is 22.7 Å². The van der Waals surface area contributed by atoms with Gasteiger partial charge in [0.15, 0.2) is 0 Å². The number of methoxy groups -OCH3 is 1. The van der Waals surface area contributed by atoms with Crippen molar-refractivity contribution in [1.82, 2.24) is 0 Å². The first-order valence-corrected chi connectivity index (χ1v) is 6.48. The number of ether oxygens (including phenoxy) is 1. The van der Waals surface area contributed by atoms with Gasteiger partial charge in [-0.25, -0.2) is 0 Å². The van der Waals surface area contributed by atoms with Crippen molar-refractivity contribution in [3.63, 3.8) is 0 Å². The molecular weight excluding hydrogens is 299 g/mol. The quantitative estimate of drug-likeness (QED) is 0.920. The monoisotopic (exact) mass is 313 g/mol. The van der Waals surface area contributed by atoms with Crippen LogP contribution in [0.1, 0.15) is 17.5 Å². The fourth-order valence-corrected chi connectivity index (χ4v) is 2.56. The molecule has 0 aliphatic carbocycles.